The van der Waals surface area contributed by atoms with Crippen LogP contribution >= 0.6 is 45.9 Å². The number of carbonyl (C=O) groups is 1. The van der Waals surface area contributed by atoms with Crippen molar-refractivity contribution >= 4 is 67.0 Å². The maximum absolute atomic E-state index is 12.8. The molecule has 0 bridgehead atoms. The van der Waals surface area contributed by atoms with Crippen LogP contribution in [0.1, 0.15) is 20.8 Å². The summed E-state index contributed by atoms with van der Waals surface area (Å²) in [5.41, 5.74) is 3.38. The first kappa shape index (κ1) is 18.4. The van der Waals surface area contributed by atoms with Crippen LogP contribution in [0.3, 0.4) is 0 Å². The van der Waals surface area contributed by atoms with Gasteiger partial charge in [-0.2, -0.15) is 0 Å². The summed E-state index contributed by atoms with van der Waals surface area (Å²) in [5.74, 6) is -0.286. The van der Waals surface area contributed by atoms with Crippen molar-refractivity contribution in [2.75, 3.05) is 5.32 Å². The third kappa shape index (κ3) is 3.48. The van der Waals surface area contributed by atoms with Gasteiger partial charge in [0, 0.05) is 15.5 Å². The Morgan fingerprint density at radius 3 is 2.63 bits per heavy atom. The standard InChI is InChI=1S/C20H14Cl2N2OS2/c1-10-11(2)26-20(24-18(25)13-9-12(21)7-8-14(13)22)17(10)19-23-15-5-3-4-6-16(15)27-19/h3-9H,1-2H3,(H,24,25). The lowest BCUT2D eigenvalue weighted by Crippen LogP contribution is -2.12. The Morgan fingerprint density at radius 1 is 1.07 bits per heavy atom. The van der Waals surface area contributed by atoms with Gasteiger partial charge in [0.25, 0.3) is 5.91 Å². The average Bonchev–Trinajstić information content (AvgIpc) is 3.17. The number of nitrogens with zero attached hydrogens (tertiary/aromatic N) is 1. The third-order valence-electron chi connectivity index (χ3n) is 4.29. The molecular formula is C20H14Cl2N2OS2. The first-order chi connectivity index (χ1) is 12.9. The normalized spacial score (nSPS) is 11.1. The number of carbonyl (C=O) groups excluding carboxylic acids is 1. The highest BCUT2D eigenvalue weighted by Crippen LogP contribution is 2.43. The zero-order valence-electron chi connectivity index (χ0n) is 14.5. The van der Waals surface area contributed by atoms with Gasteiger partial charge in [0.05, 0.1) is 20.8 Å². The van der Waals surface area contributed by atoms with Gasteiger partial charge in [-0.25, -0.2) is 4.98 Å². The zero-order valence-corrected chi connectivity index (χ0v) is 17.6. The number of benzene rings is 2. The minimum absolute atomic E-state index is 0.286. The highest BCUT2D eigenvalue weighted by Gasteiger charge is 2.21. The van der Waals surface area contributed by atoms with Crippen LogP contribution in [0.25, 0.3) is 20.8 Å². The van der Waals surface area contributed by atoms with E-state index in [1.54, 1.807) is 29.5 Å². The third-order valence-corrected chi connectivity index (χ3v) is 7.03. The lowest BCUT2D eigenvalue weighted by atomic mass is 10.1. The number of hydrogen-bond acceptors (Lipinski definition) is 4. The van der Waals surface area contributed by atoms with E-state index in [1.165, 1.54) is 11.3 Å². The molecule has 136 valence electrons. The van der Waals surface area contributed by atoms with Gasteiger partial charge >= 0.3 is 0 Å². The van der Waals surface area contributed by atoms with Gasteiger partial charge in [0.2, 0.25) is 0 Å². The lowest BCUT2D eigenvalue weighted by molar-refractivity contribution is 0.102. The number of thiazole rings is 1. The van der Waals surface area contributed by atoms with Crippen molar-refractivity contribution in [2.24, 2.45) is 0 Å². The van der Waals surface area contributed by atoms with Gasteiger partial charge < -0.3 is 5.32 Å². The molecule has 0 spiro atoms. The van der Waals surface area contributed by atoms with Crippen LogP contribution in [0.15, 0.2) is 42.5 Å². The summed E-state index contributed by atoms with van der Waals surface area (Å²) in [7, 11) is 0. The van der Waals surface area contributed by atoms with Crippen LogP contribution in [-0.4, -0.2) is 10.9 Å². The first-order valence-corrected chi connectivity index (χ1v) is 10.6. The van der Waals surface area contributed by atoms with Gasteiger partial charge in [0.15, 0.2) is 0 Å². The van der Waals surface area contributed by atoms with Gasteiger partial charge in [0.1, 0.15) is 10.0 Å². The predicted molar refractivity (Wildman–Crippen MR) is 117 cm³/mol. The highest BCUT2D eigenvalue weighted by atomic mass is 35.5. The van der Waals surface area contributed by atoms with Crippen LogP contribution in [0, 0.1) is 13.8 Å². The first-order valence-electron chi connectivity index (χ1n) is 8.16. The summed E-state index contributed by atoms with van der Waals surface area (Å²) in [5, 5.41) is 5.50. The number of hydrogen-bond donors (Lipinski definition) is 1. The van der Waals surface area contributed by atoms with Crippen molar-refractivity contribution in [2.45, 2.75) is 13.8 Å². The Kier molecular flexibility index (Phi) is 4.95. The number of para-hydroxylation sites is 1. The molecule has 4 rings (SSSR count). The molecule has 0 aliphatic rings. The van der Waals surface area contributed by atoms with Crippen LogP contribution in [0.5, 0.6) is 0 Å². The Hall–Kier alpha value is -1.92. The number of amides is 1. The molecule has 0 saturated heterocycles. The van der Waals surface area contributed by atoms with Crippen LogP contribution in [0.4, 0.5) is 5.00 Å². The molecule has 2 heterocycles. The van der Waals surface area contributed by atoms with Crippen LogP contribution in [0.2, 0.25) is 10.0 Å². The molecule has 0 atom stereocenters. The number of aromatic nitrogens is 1. The summed E-state index contributed by atoms with van der Waals surface area (Å²) in [6.07, 6.45) is 0. The molecule has 3 nitrogen and oxygen atoms in total. The number of fused-ring (bicyclic) bond motifs is 1. The van der Waals surface area contributed by atoms with Crippen molar-refractivity contribution in [3.8, 4) is 10.6 Å². The van der Waals surface area contributed by atoms with Crippen molar-refractivity contribution in [3.05, 3.63) is 68.5 Å². The SMILES string of the molecule is Cc1sc(NC(=O)c2cc(Cl)ccc2Cl)c(-c2nc3ccccc3s2)c1C. The van der Waals surface area contributed by atoms with E-state index in [4.69, 9.17) is 28.2 Å². The minimum Gasteiger partial charge on any atom is -0.313 e. The molecule has 0 aliphatic heterocycles. The molecule has 1 N–H and O–H groups in total. The lowest BCUT2D eigenvalue weighted by Gasteiger charge is -2.07. The fourth-order valence-electron chi connectivity index (χ4n) is 2.79. The second kappa shape index (κ2) is 7.24. The van der Waals surface area contributed by atoms with E-state index in [1.807, 2.05) is 25.1 Å². The number of nitrogens with one attached hydrogen (secondary N) is 1. The van der Waals surface area contributed by atoms with E-state index in [0.29, 0.717) is 15.6 Å². The molecule has 1 amide bonds. The Morgan fingerprint density at radius 2 is 1.85 bits per heavy atom. The molecule has 0 fully saturated rings. The van der Waals surface area contributed by atoms with Gasteiger partial charge in [-0.3, -0.25) is 4.79 Å². The number of aryl methyl sites for hydroxylation is 1. The molecule has 2 aromatic carbocycles. The summed E-state index contributed by atoms with van der Waals surface area (Å²) in [6.45, 7) is 4.09. The van der Waals surface area contributed by atoms with E-state index in [2.05, 4.69) is 18.3 Å². The molecule has 0 radical (unpaired) electrons. The topological polar surface area (TPSA) is 42.0 Å². The largest absolute Gasteiger partial charge is 0.313 e. The molecule has 2 aromatic heterocycles. The van der Waals surface area contributed by atoms with Crippen molar-refractivity contribution < 1.29 is 4.79 Å². The van der Waals surface area contributed by atoms with Crippen LogP contribution in [-0.2, 0) is 0 Å². The number of rotatable bonds is 3. The summed E-state index contributed by atoms with van der Waals surface area (Å²) in [4.78, 5) is 18.7. The molecule has 0 unspecified atom stereocenters. The van der Waals surface area contributed by atoms with E-state index < -0.39 is 0 Å². The summed E-state index contributed by atoms with van der Waals surface area (Å²) in [6, 6.07) is 12.9. The average molecular weight is 433 g/mol. The zero-order chi connectivity index (χ0) is 19.1. The van der Waals surface area contributed by atoms with Crippen molar-refractivity contribution in [1.29, 1.82) is 0 Å². The van der Waals surface area contributed by atoms with Crippen molar-refractivity contribution in [1.82, 2.24) is 4.98 Å². The smallest absolute Gasteiger partial charge is 0.257 e. The molecule has 7 heteroatoms. The minimum atomic E-state index is -0.286. The van der Waals surface area contributed by atoms with E-state index in [0.717, 1.165) is 36.2 Å². The van der Waals surface area contributed by atoms with Crippen LogP contribution < -0.4 is 5.32 Å². The molecule has 4 aromatic rings. The predicted octanol–water partition coefficient (Wildman–Crippen LogP) is 7.20. The second-order valence-electron chi connectivity index (χ2n) is 6.05. The quantitative estimate of drug-likeness (QED) is 0.371. The Bertz CT molecular complexity index is 1150. The monoisotopic (exact) mass is 432 g/mol. The van der Waals surface area contributed by atoms with Gasteiger partial charge in [-0.1, -0.05) is 35.3 Å². The van der Waals surface area contributed by atoms with Crippen molar-refractivity contribution in [3.63, 3.8) is 0 Å². The van der Waals surface area contributed by atoms with Gasteiger partial charge in [-0.15, -0.1) is 22.7 Å². The molecule has 0 saturated carbocycles. The fraction of sp³-hybridized carbons (Fsp3) is 0.100. The van der Waals surface area contributed by atoms with E-state index in [-0.39, 0.29) is 5.91 Å². The molecule has 0 aliphatic carbocycles. The fourth-order valence-corrected chi connectivity index (χ4v) is 5.36. The van der Waals surface area contributed by atoms with Gasteiger partial charge in [-0.05, 0) is 49.7 Å². The molecular weight excluding hydrogens is 419 g/mol. The van der Waals surface area contributed by atoms with E-state index in [9.17, 15) is 4.79 Å². The number of halogens is 2. The maximum atomic E-state index is 12.8. The maximum Gasteiger partial charge on any atom is 0.257 e. The molecule has 27 heavy (non-hydrogen) atoms. The second-order valence-corrected chi connectivity index (χ2v) is 9.15. The summed E-state index contributed by atoms with van der Waals surface area (Å²) < 4.78 is 1.12. The summed E-state index contributed by atoms with van der Waals surface area (Å²) >= 11 is 15.4. The highest BCUT2D eigenvalue weighted by molar-refractivity contribution is 7.22. The Balaban J connectivity index is 1.77. The number of anilines is 1. The Labute approximate surface area is 174 Å². The van der Waals surface area contributed by atoms with E-state index >= 15 is 0 Å². The number of thiophene rings is 1.